The van der Waals surface area contributed by atoms with Crippen molar-refractivity contribution in [2.24, 2.45) is 0 Å². The van der Waals surface area contributed by atoms with Crippen LogP contribution in [0.2, 0.25) is 0 Å². The van der Waals surface area contributed by atoms with Crippen LogP contribution >= 0.6 is 0 Å². The highest BCUT2D eigenvalue weighted by Gasteiger charge is 2.29. The van der Waals surface area contributed by atoms with Gasteiger partial charge in [-0.2, -0.15) is 4.98 Å². The molecule has 140 valence electrons. The van der Waals surface area contributed by atoms with Gasteiger partial charge < -0.3 is 19.0 Å². The van der Waals surface area contributed by atoms with Gasteiger partial charge in [0, 0.05) is 17.4 Å². The van der Waals surface area contributed by atoms with Crippen LogP contribution in [0.15, 0.2) is 31.9 Å². The van der Waals surface area contributed by atoms with Gasteiger partial charge in [-0.3, -0.25) is 4.79 Å². The van der Waals surface area contributed by atoms with Crippen molar-refractivity contribution in [1.29, 1.82) is 0 Å². The van der Waals surface area contributed by atoms with Crippen molar-refractivity contribution in [2.45, 2.75) is 38.6 Å². The molecule has 4 rings (SSSR count). The molecule has 2 heterocycles. The average molecular weight is 369 g/mol. The first-order valence-corrected chi connectivity index (χ1v) is 8.74. The molecule has 1 aromatic carbocycles. The Morgan fingerprint density at radius 3 is 2.93 bits per heavy atom. The van der Waals surface area contributed by atoms with Gasteiger partial charge in [0.05, 0.1) is 25.6 Å². The van der Waals surface area contributed by atoms with Crippen LogP contribution in [-0.2, 0) is 17.8 Å². The fourth-order valence-corrected chi connectivity index (χ4v) is 2.94. The monoisotopic (exact) mass is 369 g/mol. The van der Waals surface area contributed by atoms with Crippen LogP contribution in [0.4, 0.5) is 0 Å². The molecule has 0 unspecified atom stereocenters. The minimum atomic E-state index is -0.529. The Morgan fingerprint density at radius 1 is 1.37 bits per heavy atom. The summed E-state index contributed by atoms with van der Waals surface area (Å²) in [5.74, 6) is 1.71. The van der Waals surface area contributed by atoms with Crippen molar-refractivity contribution in [3.05, 3.63) is 51.5 Å². The van der Waals surface area contributed by atoms with E-state index < -0.39 is 5.63 Å². The number of aryl methyl sites for hydroxylation is 1. The lowest BCUT2D eigenvalue weighted by Crippen LogP contribution is -2.27. The van der Waals surface area contributed by atoms with Crippen molar-refractivity contribution >= 4 is 16.9 Å². The zero-order valence-electron chi connectivity index (χ0n) is 15.1. The Bertz CT molecular complexity index is 1060. The smallest absolute Gasteiger partial charge is 0.340 e. The maximum absolute atomic E-state index is 12.3. The highest BCUT2D eigenvalue weighted by Crippen LogP contribution is 2.38. The lowest BCUT2D eigenvalue weighted by atomic mass is 10.0. The molecule has 0 radical (unpaired) electrons. The van der Waals surface area contributed by atoms with Gasteiger partial charge in [0.25, 0.3) is 0 Å². The molecule has 0 aliphatic heterocycles. The van der Waals surface area contributed by atoms with Crippen molar-refractivity contribution in [1.82, 2.24) is 15.5 Å². The number of nitrogens with zero attached hydrogens (tertiary/aromatic N) is 2. The largest absolute Gasteiger partial charge is 0.497 e. The number of carbonyl (C=O) groups excluding carboxylic acids is 1. The zero-order valence-corrected chi connectivity index (χ0v) is 15.1. The van der Waals surface area contributed by atoms with Crippen LogP contribution in [0.25, 0.3) is 11.0 Å². The summed E-state index contributed by atoms with van der Waals surface area (Å²) in [7, 11) is 1.54. The number of fused-ring (bicyclic) bond motifs is 1. The summed E-state index contributed by atoms with van der Waals surface area (Å²) in [4.78, 5) is 28.9. The third kappa shape index (κ3) is 3.55. The van der Waals surface area contributed by atoms with Crippen molar-refractivity contribution < 1.29 is 18.5 Å². The molecule has 8 nitrogen and oxygen atoms in total. The molecule has 0 bridgehead atoms. The second-order valence-electron chi connectivity index (χ2n) is 6.63. The molecule has 0 spiro atoms. The van der Waals surface area contributed by atoms with Gasteiger partial charge in [0.15, 0.2) is 5.82 Å². The summed E-state index contributed by atoms with van der Waals surface area (Å²) in [5, 5.41) is 7.34. The molecule has 1 fully saturated rings. The number of benzene rings is 1. The van der Waals surface area contributed by atoms with E-state index in [9.17, 15) is 9.59 Å². The number of methoxy groups -OCH3 is 1. The highest BCUT2D eigenvalue weighted by molar-refractivity contribution is 5.85. The van der Waals surface area contributed by atoms with Crippen molar-refractivity contribution in [3.63, 3.8) is 0 Å². The molecular weight excluding hydrogens is 350 g/mol. The number of hydrogen-bond donors (Lipinski definition) is 1. The predicted octanol–water partition coefficient (Wildman–Crippen LogP) is 2.23. The Hall–Kier alpha value is -3.16. The van der Waals surface area contributed by atoms with E-state index in [0.29, 0.717) is 34.5 Å². The average Bonchev–Trinajstić information content (AvgIpc) is 3.41. The van der Waals surface area contributed by atoms with Gasteiger partial charge >= 0.3 is 5.63 Å². The van der Waals surface area contributed by atoms with Crippen LogP contribution in [-0.4, -0.2) is 23.2 Å². The van der Waals surface area contributed by atoms with Crippen molar-refractivity contribution in [3.8, 4) is 5.75 Å². The molecule has 1 N–H and O–H groups in total. The van der Waals surface area contributed by atoms with E-state index in [1.165, 1.54) is 0 Å². The first-order valence-electron chi connectivity index (χ1n) is 8.74. The Balaban J connectivity index is 1.48. The normalized spacial score (nSPS) is 13.7. The molecule has 1 saturated carbocycles. The molecule has 1 aliphatic carbocycles. The minimum Gasteiger partial charge on any atom is -0.497 e. The summed E-state index contributed by atoms with van der Waals surface area (Å²) in [6, 6.07) is 5.25. The second-order valence-corrected chi connectivity index (χ2v) is 6.63. The third-order valence-electron chi connectivity index (χ3n) is 4.69. The third-order valence-corrected chi connectivity index (χ3v) is 4.69. The van der Waals surface area contributed by atoms with Crippen LogP contribution < -0.4 is 15.7 Å². The van der Waals surface area contributed by atoms with E-state index in [0.717, 1.165) is 23.8 Å². The summed E-state index contributed by atoms with van der Waals surface area (Å²) in [6.07, 6.45) is 2.05. The molecule has 1 aliphatic rings. The number of carbonyl (C=O) groups is 1. The predicted molar refractivity (Wildman–Crippen MR) is 95.6 cm³/mol. The molecule has 0 atom stereocenters. The summed E-state index contributed by atoms with van der Waals surface area (Å²) >= 11 is 0. The summed E-state index contributed by atoms with van der Waals surface area (Å²) in [5.41, 5.74) is 0.950. The van der Waals surface area contributed by atoms with E-state index in [4.69, 9.17) is 13.7 Å². The molecule has 2 aromatic heterocycles. The Kier molecular flexibility index (Phi) is 4.39. The summed E-state index contributed by atoms with van der Waals surface area (Å²) in [6.45, 7) is 1.96. The van der Waals surface area contributed by atoms with E-state index in [2.05, 4.69) is 15.5 Å². The van der Waals surface area contributed by atoms with E-state index in [1.54, 1.807) is 26.2 Å². The fraction of sp³-hybridized carbons (Fsp3) is 0.368. The number of nitrogens with one attached hydrogen (secondary N) is 1. The molecule has 27 heavy (non-hydrogen) atoms. The Morgan fingerprint density at radius 2 is 2.19 bits per heavy atom. The topological polar surface area (TPSA) is 107 Å². The van der Waals surface area contributed by atoms with Gasteiger partial charge in [-0.15, -0.1) is 0 Å². The van der Waals surface area contributed by atoms with Crippen LogP contribution in [0.3, 0.4) is 0 Å². The zero-order chi connectivity index (χ0) is 19.0. The first-order chi connectivity index (χ1) is 13.0. The SMILES string of the molecule is COc1ccc2c(C)c(CC(=O)NCc3noc(C4CC4)n3)c(=O)oc2c1. The fourth-order valence-electron chi connectivity index (χ4n) is 2.94. The number of amides is 1. The molecule has 8 heteroatoms. The van der Waals surface area contributed by atoms with Gasteiger partial charge in [-0.25, -0.2) is 4.79 Å². The van der Waals surface area contributed by atoms with Gasteiger partial charge in [-0.05, 0) is 37.5 Å². The maximum atomic E-state index is 12.3. The molecule has 3 aromatic rings. The van der Waals surface area contributed by atoms with Crippen LogP contribution in [0, 0.1) is 6.92 Å². The maximum Gasteiger partial charge on any atom is 0.340 e. The van der Waals surface area contributed by atoms with Crippen molar-refractivity contribution in [2.75, 3.05) is 7.11 Å². The van der Waals surface area contributed by atoms with Gasteiger partial charge in [-0.1, -0.05) is 5.16 Å². The first kappa shape index (κ1) is 17.3. The lowest BCUT2D eigenvalue weighted by molar-refractivity contribution is -0.120. The lowest BCUT2D eigenvalue weighted by Gasteiger charge is -2.09. The number of hydrogen-bond acceptors (Lipinski definition) is 7. The van der Waals surface area contributed by atoms with Crippen LogP contribution in [0.1, 0.15) is 41.6 Å². The molecule has 1 amide bonds. The van der Waals surface area contributed by atoms with Crippen LogP contribution in [0.5, 0.6) is 5.75 Å². The standard InChI is InChI=1S/C19H19N3O5/c1-10-13-6-5-12(25-2)7-15(13)26-19(24)14(10)8-17(23)20-9-16-21-18(27-22-16)11-3-4-11/h5-7,11H,3-4,8-9H2,1-2H3,(H,20,23). The minimum absolute atomic E-state index is 0.0799. The molecule has 0 saturated heterocycles. The summed E-state index contributed by atoms with van der Waals surface area (Å²) < 4.78 is 15.7. The van der Waals surface area contributed by atoms with E-state index in [-0.39, 0.29) is 18.9 Å². The van der Waals surface area contributed by atoms with E-state index >= 15 is 0 Å². The number of aromatic nitrogens is 2. The molecular formula is C19H19N3O5. The number of rotatable bonds is 6. The Labute approximate surface area is 154 Å². The highest BCUT2D eigenvalue weighted by atomic mass is 16.5. The quantitative estimate of drug-likeness (QED) is 0.664. The second kappa shape index (κ2) is 6.86. The van der Waals surface area contributed by atoms with Gasteiger partial charge in [0.2, 0.25) is 11.8 Å². The van der Waals surface area contributed by atoms with E-state index in [1.807, 2.05) is 6.07 Å². The van der Waals surface area contributed by atoms with Gasteiger partial charge in [0.1, 0.15) is 11.3 Å². The number of ether oxygens (including phenoxy) is 1.